The predicted molar refractivity (Wildman–Crippen MR) is 116 cm³/mol. The Morgan fingerprint density at radius 2 is 2.17 bits per heavy atom. The van der Waals surface area contributed by atoms with E-state index in [9.17, 15) is 4.79 Å². The Labute approximate surface area is 173 Å². The summed E-state index contributed by atoms with van der Waals surface area (Å²) in [5.74, 6) is 0.0211. The first-order chi connectivity index (χ1) is 14.3. The Hall–Kier alpha value is -2.99. The lowest BCUT2D eigenvalue weighted by atomic mass is 9.86. The number of carbonyl (C=O) groups is 1. The SMILES string of the molecule is O=C(NCCc1csc(-c2cccnc2)n1)C1CCCc2c1[nH]c1ccccc21. The van der Waals surface area contributed by atoms with Gasteiger partial charge < -0.3 is 10.3 Å². The molecule has 146 valence electrons. The molecule has 29 heavy (non-hydrogen) atoms. The minimum absolute atomic E-state index is 0.0902. The third-order valence-electron chi connectivity index (χ3n) is 5.57. The number of rotatable bonds is 5. The molecular formula is C23H22N4OS. The van der Waals surface area contributed by atoms with E-state index in [1.165, 1.54) is 10.9 Å². The van der Waals surface area contributed by atoms with E-state index in [1.54, 1.807) is 17.5 Å². The summed E-state index contributed by atoms with van der Waals surface area (Å²) in [6, 6.07) is 12.3. The molecule has 0 radical (unpaired) electrons. The standard InChI is InChI=1S/C23H22N4OS/c28-22(19-8-3-7-18-17-6-1-2-9-20(17)27-21(18)19)25-12-10-16-14-29-23(26-16)15-5-4-11-24-13-15/h1-2,4-6,9,11,13-14,19,27H,3,7-8,10,12H2,(H,25,28). The van der Waals surface area contributed by atoms with Gasteiger partial charge in [-0.3, -0.25) is 9.78 Å². The molecule has 0 aliphatic heterocycles. The number of aromatic amines is 1. The number of aryl methyl sites for hydroxylation is 1. The van der Waals surface area contributed by atoms with Crippen LogP contribution in [0.15, 0.2) is 54.2 Å². The second-order valence-corrected chi connectivity index (χ2v) is 8.29. The number of hydrogen-bond acceptors (Lipinski definition) is 4. The third kappa shape index (κ3) is 3.56. The normalized spacial score (nSPS) is 15.9. The van der Waals surface area contributed by atoms with E-state index in [0.29, 0.717) is 6.54 Å². The number of aromatic nitrogens is 3. The van der Waals surface area contributed by atoms with Gasteiger partial charge in [0.1, 0.15) is 5.01 Å². The summed E-state index contributed by atoms with van der Waals surface area (Å²) in [6.07, 6.45) is 7.30. The second-order valence-electron chi connectivity index (χ2n) is 7.43. The molecule has 0 saturated heterocycles. The molecule has 6 heteroatoms. The largest absolute Gasteiger partial charge is 0.357 e. The van der Waals surface area contributed by atoms with Crippen LogP contribution in [-0.4, -0.2) is 27.4 Å². The molecule has 3 aromatic heterocycles. The summed E-state index contributed by atoms with van der Waals surface area (Å²) in [7, 11) is 0. The molecule has 4 aromatic rings. The number of thiazole rings is 1. The highest BCUT2D eigenvalue weighted by Crippen LogP contribution is 2.36. The lowest BCUT2D eigenvalue weighted by Crippen LogP contribution is -2.32. The van der Waals surface area contributed by atoms with Gasteiger partial charge in [0.25, 0.3) is 0 Å². The van der Waals surface area contributed by atoms with E-state index < -0.39 is 0 Å². The molecule has 0 bridgehead atoms. The van der Waals surface area contributed by atoms with Crippen LogP contribution in [0.2, 0.25) is 0 Å². The monoisotopic (exact) mass is 402 g/mol. The maximum absolute atomic E-state index is 12.9. The number of nitrogens with one attached hydrogen (secondary N) is 2. The molecule has 1 aliphatic rings. The first-order valence-corrected chi connectivity index (χ1v) is 10.9. The number of pyridine rings is 1. The highest BCUT2D eigenvalue weighted by atomic mass is 32.1. The smallest absolute Gasteiger partial charge is 0.229 e. The predicted octanol–water partition coefficient (Wildman–Crippen LogP) is 4.47. The van der Waals surface area contributed by atoms with Crippen molar-refractivity contribution >= 4 is 28.1 Å². The van der Waals surface area contributed by atoms with Gasteiger partial charge in [-0.25, -0.2) is 4.98 Å². The summed E-state index contributed by atoms with van der Waals surface area (Å²) in [4.78, 5) is 25.2. The number of amides is 1. The Morgan fingerprint density at radius 3 is 3.07 bits per heavy atom. The average Bonchev–Trinajstić information content (AvgIpc) is 3.39. The van der Waals surface area contributed by atoms with Crippen molar-refractivity contribution < 1.29 is 4.79 Å². The fourth-order valence-electron chi connectivity index (χ4n) is 4.16. The molecule has 1 atom stereocenters. The molecule has 1 aliphatic carbocycles. The molecular weight excluding hydrogens is 380 g/mol. The molecule has 1 aromatic carbocycles. The molecule has 0 spiro atoms. The van der Waals surface area contributed by atoms with Crippen molar-refractivity contribution in [3.8, 4) is 10.6 Å². The quantitative estimate of drug-likeness (QED) is 0.518. The molecule has 2 N–H and O–H groups in total. The average molecular weight is 403 g/mol. The van der Waals surface area contributed by atoms with Gasteiger partial charge in [-0.2, -0.15) is 0 Å². The number of benzene rings is 1. The van der Waals surface area contributed by atoms with Crippen LogP contribution in [0.25, 0.3) is 21.5 Å². The number of fused-ring (bicyclic) bond motifs is 3. The molecule has 5 nitrogen and oxygen atoms in total. The zero-order valence-corrected chi connectivity index (χ0v) is 16.8. The van der Waals surface area contributed by atoms with Crippen LogP contribution in [0.4, 0.5) is 0 Å². The Bertz CT molecular complexity index is 1150. The number of para-hydroxylation sites is 1. The summed E-state index contributed by atoms with van der Waals surface area (Å²) < 4.78 is 0. The van der Waals surface area contributed by atoms with Gasteiger partial charge in [0.05, 0.1) is 11.6 Å². The number of nitrogens with zero attached hydrogens (tertiary/aromatic N) is 2. The van der Waals surface area contributed by atoms with Crippen LogP contribution < -0.4 is 5.32 Å². The Morgan fingerprint density at radius 1 is 1.24 bits per heavy atom. The fourth-order valence-corrected chi connectivity index (χ4v) is 5.00. The van der Waals surface area contributed by atoms with E-state index in [-0.39, 0.29) is 11.8 Å². The van der Waals surface area contributed by atoms with E-state index >= 15 is 0 Å². The van der Waals surface area contributed by atoms with E-state index in [4.69, 9.17) is 0 Å². The fraction of sp³-hybridized carbons (Fsp3) is 0.261. The van der Waals surface area contributed by atoms with Gasteiger partial charge in [-0.1, -0.05) is 18.2 Å². The van der Waals surface area contributed by atoms with Gasteiger partial charge in [-0.05, 0) is 43.0 Å². The number of hydrogen-bond donors (Lipinski definition) is 2. The summed E-state index contributed by atoms with van der Waals surface area (Å²) in [5.41, 5.74) is 5.57. The van der Waals surface area contributed by atoms with Crippen LogP contribution in [0, 0.1) is 0 Å². The summed E-state index contributed by atoms with van der Waals surface area (Å²) >= 11 is 1.61. The van der Waals surface area contributed by atoms with E-state index in [2.05, 4.69) is 43.8 Å². The highest BCUT2D eigenvalue weighted by molar-refractivity contribution is 7.13. The van der Waals surface area contributed by atoms with Crippen molar-refractivity contribution in [3.63, 3.8) is 0 Å². The van der Waals surface area contributed by atoms with Crippen molar-refractivity contribution in [2.45, 2.75) is 31.6 Å². The first kappa shape index (κ1) is 18.1. The summed E-state index contributed by atoms with van der Waals surface area (Å²) in [6.45, 7) is 0.598. The highest BCUT2D eigenvalue weighted by Gasteiger charge is 2.29. The lowest BCUT2D eigenvalue weighted by molar-refractivity contribution is -0.122. The van der Waals surface area contributed by atoms with Crippen LogP contribution in [0.3, 0.4) is 0 Å². The van der Waals surface area contributed by atoms with E-state index in [0.717, 1.165) is 53.2 Å². The lowest BCUT2D eigenvalue weighted by Gasteiger charge is -2.22. The third-order valence-corrected chi connectivity index (χ3v) is 6.51. The molecule has 3 heterocycles. The van der Waals surface area contributed by atoms with Gasteiger partial charge in [0.15, 0.2) is 0 Å². The van der Waals surface area contributed by atoms with Gasteiger partial charge in [0.2, 0.25) is 5.91 Å². The van der Waals surface area contributed by atoms with Crippen molar-refractivity contribution in [1.82, 2.24) is 20.3 Å². The molecule has 1 unspecified atom stereocenters. The van der Waals surface area contributed by atoms with E-state index in [1.807, 2.05) is 24.4 Å². The number of H-pyrrole nitrogens is 1. The molecule has 0 saturated carbocycles. The first-order valence-electron chi connectivity index (χ1n) is 10.0. The van der Waals surface area contributed by atoms with Crippen LogP contribution in [0.1, 0.15) is 35.7 Å². The van der Waals surface area contributed by atoms with Crippen molar-refractivity contribution in [2.24, 2.45) is 0 Å². The van der Waals surface area contributed by atoms with Crippen molar-refractivity contribution in [2.75, 3.05) is 6.54 Å². The Kier molecular flexibility index (Phi) is 4.86. The molecule has 0 fully saturated rings. The van der Waals surface area contributed by atoms with Gasteiger partial charge in [-0.15, -0.1) is 11.3 Å². The van der Waals surface area contributed by atoms with Crippen molar-refractivity contribution in [3.05, 3.63) is 71.1 Å². The van der Waals surface area contributed by atoms with Crippen molar-refractivity contribution in [1.29, 1.82) is 0 Å². The maximum Gasteiger partial charge on any atom is 0.229 e. The Balaban J connectivity index is 1.24. The minimum atomic E-state index is -0.0902. The topological polar surface area (TPSA) is 70.7 Å². The van der Waals surface area contributed by atoms with Crippen LogP contribution >= 0.6 is 11.3 Å². The molecule has 5 rings (SSSR count). The van der Waals surface area contributed by atoms with Crippen LogP contribution in [0.5, 0.6) is 0 Å². The van der Waals surface area contributed by atoms with Gasteiger partial charge in [0, 0.05) is 52.9 Å². The van der Waals surface area contributed by atoms with Gasteiger partial charge >= 0.3 is 0 Å². The molecule has 1 amide bonds. The van der Waals surface area contributed by atoms with Crippen LogP contribution in [-0.2, 0) is 17.6 Å². The number of carbonyl (C=O) groups excluding carboxylic acids is 1. The summed E-state index contributed by atoms with van der Waals surface area (Å²) in [5, 5.41) is 7.41. The minimum Gasteiger partial charge on any atom is -0.357 e. The maximum atomic E-state index is 12.9. The zero-order valence-electron chi connectivity index (χ0n) is 16.0. The zero-order chi connectivity index (χ0) is 19.6. The second kappa shape index (κ2) is 7.79.